The van der Waals surface area contributed by atoms with Crippen LogP contribution in [0.4, 0.5) is 18.0 Å². The number of nitrogens with zero attached hydrogens (tertiary/aromatic N) is 5. The maximum Gasteiger partial charge on any atom is 0.416 e. The maximum absolute atomic E-state index is 13.7. The van der Waals surface area contributed by atoms with Crippen LogP contribution in [0, 0.1) is 18.3 Å². The van der Waals surface area contributed by atoms with Gasteiger partial charge in [-0.15, -0.1) is 0 Å². The third kappa shape index (κ3) is 4.49. The summed E-state index contributed by atoms with van der Waals surface area (Å²) in [6.07, 6.45) is 0.384. The van der Waals surface area contributed by atoms with Gasteiger partial charge < -0.3 is 5.32 Å². The topological polar surface area (TPSA) is 97.6 Å². The van der Waals surface area contributed by atoms with Crippen molar-refractivity contribution in [2.24, 2.45) is 0 Å². The zero-order valence-corrected chi connectivity index (χ0v) is 20.4. The first-order valence-corrected chi connectivity index (χ1v) is 12.1. The van der Waals surface area contributed by atoms with Gasteiger partial charge in [-0.2, -0.15) is 23.5 Å². The molecule has 1 fully saturated rings. The van der Waals surface area contributed by atoms with E-state index in [1.165, 1.54) is 23.0 Å². The van der Waals surface area contributed by atoms with Crippen LogP contribution in [0.1, 0.15) is 42.5 Å². The zero-order valence-electron chi connectivity index (χ0n) is 20.4. The summed E-state index contributed by atoms with van der Waals surface area (Å²) in [6, 6.07) is 13.9. The van der Waals surface area contributed by atoms with E-state index in [9.17, 15) is 22.8 Å². The van der Waals surface area contributed by atoms with Crippen molar-refractivity contribution in [2.45, 2.75) is 44.8 Å². The molecule has 0 bridgehead atoms. The van der Waals surface area contributed by atoms with E-state index < -0.39 is 23.5 Å². The van der Waals surface area contributed by atoms with Crippen molar-refractivity contribution >= 4 is 6.03 Å². The number of carbonyl (C=O) groups is 1. The van der Waals surface area contributed by atoms with Crippen LogP contribution >= 0.6 is 0 Å². The minimum absolute atomic E-state index is 0.0135. The number of nitrogens with one attached hydrogen (secondary N) is 1. The van der Waals surface area contributed by atoms with Crippen molar-refractivity contribution in [3.63, 3.8) is 0 Å². The van der Waals surface area contributed by atoms with Gasteiger partial charge in [0.15, 0.2) is 0 Å². The maximum atomic E-state index is 13.7. The molecule has 1 aliphatic rings. The second-order valence-corrected chi connectivity index (χ2v) is 9.15. The summed E-state index contributed by atoms with van der Waals surface area (Å²) >= 11 is 0. The van der Waals surface area contributed by atoms with Gasteiger partial charge in [-0.25, -0.2) is 18.8 Å². The van der Waals surface area contributed by atoms with Crippen molar-refractivity contribution in [1.82, 2.24) is 24.2 Å². The largest absolute Gasteiger partial charge is 0.416 e. The standard InChI is InChI=1S/C27H23F3N6O2/c1-17-24(23-13-14-32-36(23)21-11-9-18(16-31)10-12-21)35(25(37)33-20-6-2-3-7-20)26(38)34(17)22-8-4-5-19(15-22)27(28,29)30/h4-5,8-15,20H,2-3,6-7H2,1H3,(H,33,37). The molecule has 1 amide bonds. The lowest BCUT2D eigenvalue weighted by Gasteiger charge is -2.14. The molecule has 0 radical (unpaired) electrons. The Morgan fingerprint density at radius 3 is 2.45 bits per heavy atom. The zero-order chi connectivity index (χ0) is 27.0. The first-order valence-electron chi connectivity index (χ1n) is 12.1. The number of imidazole rings is 1. The van der Waals surface area contributed by atoms with Crippen LogP contribution in [-0.4, -0.2) is 31.0 Å². The molecular weight excluding hydrogens is 497 g/mol. The number of carbonyl (C=O) groups excluding carboxylic acids is 1. The molecule has 194 valence electrons. The van der Waals surface area contributed by atoms with Crippen molar-refractivity contribution in [3.8, 4) is 28.8 Å². The molecule has 5 rings (SSSR count). The average Bonchev–Trinajstić information content (AvgIpc) is 3.63. The highest BCUT2D eigenvalue weighted by Gasteiger charge is 2.32. The molecule has 0 saturated heterocycles. The third-order valence-corrected chi connectivity index (χ3v) is 6.73. The number of rotatable bonds is 4. The Morgan fingerprint density at radius 2 is 1.79 bits per heavy atom. The summed E-state index contributed by atoms with van der Waals surface area (Å²) < 4.78 is 43.9. The van der Waals surface area contributed by atoms with Crippen LogP contribution in [0.5, 0.6) is 0 Å². The summed E-state index contributed by atoms with van der Waals surface area (Å²) in [5.41, 5.74) is 0.161. The molecule has 2 aromatic carbocycles. The summed E-state index contributed by atoms with van der Waals surface area (Å²) in [5.74, 6) is 0. The first kappa shape index (κ1) is 25.1. The van der Waals surface area contributed by atoms with Crippen molar-refractivity contribution in [1.29, 1.82) is 5.26 Å². The molecule has 1 saturated carbocycles. The number of halogens is 3. The Hall–Kier alpha value is -4.59. The fourth-order valence-electron chi connectivity index (χ4n) is 4.90. The van der Waals surface area contributed by atoms with Gasteiger partial charge in [0.2, 0.25) is 0 Å². The monoisotopic (exact) mass is 520 g/mol. The van der Waals surface area contributed by atoms with Gasteiger partial charge in [0.25, 0.3) is 0 Å². The van der Waals surface area contributed by atoms with Crippen molar-refractivity contribution in [3.05, 3.63) is 88.1 Å². The fraction of sp³-hybridized carbons (Fsp3) is 0.259. The van der Waals surface area contributed by atoms with E-state index in [1.54, 1.807) is 37.3 Å². The van der Waals surface area contributed by atoms with E-state index in [1.807, 2.05) is 6.07 Å². The molecule has 2 heterocycles. The highest BCUT2D eigenvalue weighted by molar-refractivity contribution is 5.83. The summed E-state index contributed by atoms with van der Waals surface area (Å²) in [7, 11) is 0. The van der Waals surface area contributed by atoms with Crippen LogP contribution in [0.2, 0.25) is 0 Å². The number of nitriles is 1. The van der Waals surface area contributed by atoms with Gasteiger partial charge in [-0.3, -0.25) is 4.57 Å². The highest BCUT2D eigenvalue weighted by Crippen LogP contribution is 2.32. The quantitative estimate of drug-likeness (QED) is 0.400. The van der Waals surface area contributed by atoms with Gasteiger partial charge in [-0.1, -0.05) is 18.9 Å². The number of benzene rings is 2. The van der Waals surface area contributed by atoms with E-state index in [0.29, 0.717) is 16.9 Å². The highest BCUT2D eigenvalue weighted by atomic mass is 19.4. The van der Waals surface area contributed by atoms with Crippen LogP contribution in [-0.2, 0) is 6.18 Å². The van der Waals surface area contributed by atoms with Crippen LogP contribution in [0.25, 0.3) is 22.8 Å². The second kappa shape index (κ2) is 9.70. The predicted molar refractivity (Wildman–Crippen MR) is 133 cm³/mol. The summed E-state index contributed by atoms with van der Waals surface area (Å²) in [6.45, 7) is 1.58. The van der Waals surface area contributed by atoms with Crippen molar-refractivity contribution < 1.29 is 18.0 Å². The Labute approximate surface area is 215 Å². The fourth-order valence-corrected chi connectivity index (χ4v) is 4.90. The smallest absolute Gasteiger partial charge is 0.335 e. The number of hydrogen-bond donors (Lipinski definition) is 1. The van der Waals surface area contributed by atoms with Gasteiger partial charge >= 0.3 is 17.9 Å². The molecule has 8 nitrogen and oxygen atoms in total. The van der Waals surface area contributed by atoms with E-state index in [-0.39, 0.29) is 23.1 Å². The third-order valence-electron chi connectivity index (χ3n) is 6.73. The molecule has 0 unspecified atom stereocenters. The van der Waals surface area contributed by atoms with Crippen molar-refractivity contribution in [2.75, 3.05) is 0 Å². The van der Waals surface area contributed by atoms with E-state index in [0.717, 1.165) is 47.0 Å². The van der Waals surface area contributed by atoms with Gasteiger partial charge in [0.1, 0.15) is 5.69 Å². The molecule has 38 heavy (non-hydrogen) atoms. The summed E-state index contributed by atoms with van der Waals surface area (Å²) in [4.78, 5) is 27.2. The van der Waals surface area contributed by atoms with E-state index in [4.69, 9.17) is 5.26 Å². The minimum atomic E-state index is -4.60. The van der Waals surface area contributed by atoms with Gasteiger partial charge in [0.05, 0.1) is 46.2 Å². The molecule has 11 heteroatoms. The van der Waals surface area contributed by atoms with E-state index in [2.05, 4.69) is 10.4 Å². The molecule has 0 atom stereocenters. The van der Waals surface area contributed by atoms with Crippen LogP contribution in [0.3, 0.4) is 0 Å². The lowest BCUT2D eigenvalue weighted by Crippen LogP contribution is -2.41. The second-order valence-electron chi connectivity index (χ2n) is 9.15. The lowest BCUT2D eigenvalue weighted by molar-refractivity contribution is -0.137. The van der Waals surface area contributed by atoms with Crippen LogP contribution < -0.4 is 11.0 Å². The Kier molecular flexibility index (Phi) is 6.40. The minimum Gasteiger partial charge on any atom is -0.335 e. The predicted octanol–water partition coefficient (Wildman–Crippen LogP) is 5.19. The number of hydrogen-bond acceptors (Lipinski definition) is 4. The first-order chi connectivity index (χ1) is 18.2. The Morgan fingerprint density at radius 1 is 1.08 bits per heavy atom. The molecule has 1 N–H and O–H groups in total. The number of amides is 1. The molecular formula is C27H23F3N6O2. The number of aromatic nitrogens is 4. The molecule has 4 aromatic rings. The van der Waals surface area contributed by atoms with Gasteiger partial charge in [0, 0.05) is 6.04 Å². The number of alkyl halides is 3. The lowest BCUT2D eigenvalue weighted by atomic mass is 10.2. The molecule has 0 spiro atoms. The Bertz CT molecular complexity index is 1600. The molecule has 1 aliphatic carbocycles. The summed E-state index contributed by atoms with van der Waals surface area (Å²) in [5, 5.41) is 16.4. The normalized spacial score (nSPS) is 14.0. The molecule has 0 aliphatic heterocycles. The Balaban J connectivity index is 1.71. The SMILES string of the molecule is Cc1c(-c2ccnn2-c2ccc(C#N)cc2)n(C(=O)NC2CCCC2)c(=O)n1-c1cccc(C(F)(F)F)c1. The van der Waals surface area contributed by atoms with E-state index >= 15 is 0 Å². The molecule has 2 aromatic heterocycles. The van der Waals surface area contributed by atoms with Gasteiger partial charge in [-0.05, 0) is 68.3 Å². The average molecular weight is 521 g/mol. The van der Waals surface area contributed by atoms with Crippen LogP contribution in [0.15, 0.2) is 65.6 Å².